The van der Waals surface area contributed by atoms with Crippen LogP contribution >= 0.6 is 24.0 Å². The van der Waals surface area contributed by atoms with E-state index in [4.69, 9.17) is 14.2 Å². The number of guanidine groups is 1. The smallest absolute Gasteiger partial charge is 0.191 e. The Hall–Kier alpha value is -0.120. The highest BCUT2D eigenvalue weighted by Crippen LogP contribution is 2.23. The van der Waals surface area contributed by atoms with E-state index in [0.717, 1.165) is 58.1 Å². The van der Waals surface area contributed by atoms with Gasteiger partial charge in [-0.05, 0) is 19.3 Å². The lowest BCUT2D eigenvalue weighted by molar-refractivity contribution is -0.0855. The van der Waals surface area contributed by atoms with Gasteiger partial charge in [-0.3, -0.25) is 4.99 Å². The van der Waals surface area contributed by atoms with Crippen LogP contribution in [0.2, 0.25) is 0 Å². The van der Waals surface area contributed by atoms with Crippen LogP contribution in [0.1, 0.15) is 51.4 Å². The molecule has 2 rings (SSSR count). The topological polar surface area (TPSA) is 64.1 Å². The van der Waals surface area contributed by atoms with E-state index in [9.17, 15) is 0 Å². The Morgan fingerprint density at radius 2 is 1.88 bits per heavy atom. The predicted molar refractivity (Wildman–Crippen MR) is 112 cm³/mol. The Labute approximate surface area is 169 Å². The Morgan fingerprint density at radius 1 is 1.16 bits per heavy atom. The molecule has 0 spiro atoms. The molecular formula is C18H36IN3O3. The molecule has 1 aliphatic heterocycles. The molecule has 0 bridgehead atoms. The van der Waals surface area contributed by atoms with Crippen LogP contribution in [-0.2, 0) is 14.2 Å². The van der Waals surface area contributed by atoms with E-state index < -0.39 is 0 Å². The fourth-order valence-corrected chi connectivity index (χ4v) is 3.42. The fraction of sp³-hybridized carbons (Fsp3) is 0.944. The first-order chi connectivity index (χ1) is 11.8. The quantitative estimate of drug-likeness (QED) is 0.248. The molecule has 148 valence electrons. The van der Waals surface area contributed by atoms with Crippen LogP contribution in [0, 0.1) is 0 Å². The van der Waals surface area contributed by atoms with E-state index >= 15 is 0 Å². The number of hydrogen-bond acceptors (Lipinski definition) is 4. The summed E-state index contributed by atoms with van der Waals surface area (Å²) in [4.78, 5) is 4.29. The van der Waals surface area contributed by atoms with Crippen LogP contribution in [0.25, 0.3) is 0 Å². The first-order valence-corrected chi connectivity index (χ1v) is 9.47. The molecule has 1 heterocycles. The molecule has 6 nitrogen and oxygen atoms in total. The average molecular weight is 469 g/mol. The molecule has 1 saturated carbocycles. The van der Waals surface area contributed by atoms with Gasteiger partial charge in [-0.25, -0.2) is 0 Å². The summed E-state index contributed by atoms with van der Waals surface area (Å²) < 4.78 is 17.1. The van der Waals surface area contributed by atoms with Crippen molar-refractivity contribution in [1.82, 2.24) is 10.6 Å². The number of rotatable bonds is 8. The van der Waals surface area contributed by atoms with Crippen LogP contribution in [0.5, 0.6) is 0 Å². The molecule has 0 amide bonds. The molecule has 7 heteroatoms. The van der Waals surface area contributed by atoms with Crippen LogP contribution in [0.3, 0.4) is 0 Å². The summed E-state index contributed by atoms with van der Waals surface area (Å²) in [6, 6.07) is 0. The van der Waals surface area contributed by atoms with Crippen molar-refractivity contribution in [2.24, 2.45) is 4.99 Å². The highest BCUT2D eigenvalue weighted by atomic mass is 127. The van der Waals surface area contributed by atoms with E-state index in [1.807, 2.05) is 0 Å². The zero-order valence-electron chi connectivity index (χ0n) is 15.8. The van der Waals surface area contributed by atoms with Crippen LogP contribution in [0.15, 0.2) is 4.99 Å². The van der Waals surface area contributed by atoms with Gasteiger partial charge in [0.05, 0.1) is 11.7 Å². The van der Waals surface area contributed by atoms with E-state index in [-0.39, 0.29) is 29.6 Å². The third-order valence-corrected chi connectivity index (χ3v) is 5.16. The van der Waals surface area contributed by atoms with Gasteiger partial charge in [0.1, 0.15) is 0 Å². The SMILES string of the molecule is CN=C(NCCCOC1CCCCC1)NCC1(OC)CCOCC1.I. The molecule has 0 radical (unpaired) electrons. The van der Waals surface area contributed by atoms with Gasteiger partial charge < -0.3 is 24.8 Å². The number of nitrogens with zero attached hydrogens (tertiary/aromatic N) is 1. The second-order valence-corrected chi connectivity index (χ2v) is 6.84. The van der Waals surface area contributed by atoms with Crippen molar-refractivity contribution >= 4 is 29.9 Å². The average Bonchev–Trinajstić information content (AvgIpc) is 2.65. The minimum atomic E-state index is -0.139. The molecule has 2 aliphatic rings. The van der Waals surface area contributed by atoms with Crippen molar-refractivity contribution in [3.63, 3.8) is 0 Å². The van der Waals surface area contributed by atoms with Gasteiger partial charge in [0.25, 0.3) is 0 Å². The number of nitrogens with one attached hydrogen (secondary N) is 2. The summed E-state index contributed by atoms with van der Waals surface area (Å²) >= 11 is 0. The maximum Gasteiger partial charge on any atom is 0.191 e. The van der Waals surface area contributed by atoms with Crippen LogP contribution < -0.4 is 10.6 Å². The van der Waals surface area contributed by atoms with Crippen molar-refractivity contribution in [3.8, 4) is 0 Å². The number of hydrogen-bond donors (Lipinski definition) is 2. The molecule has 1 saturated heterocycles. The molecule has 25 heavy (non-hydrogen) atoms. The Kier molecular flexibility index (Phi) is 12.0. The van der Waals surface area contributed by atoms with E-state index in [2.05, 4.69) is 15.6 Å². The summed E-state index contributed by atoms with van der Waals surface area (Å²) in [5, 5.41) is 6.75. The highest BCUT2D eigenvalue weighted by Gasteiger charge is 2.32. The molecule has 0 unspecified atom stereocenters. The lowest BCUT2D eigenvalue weighted by Crippen LogP contribution is -2.50. The first kappa shape index (κ1) is 22.9. The number of aliphatic imine (C=N–C) groups is 1. The van der Waals surface area contributed by atoms with Crippen molar-refractivity contribution in [3.05, 3.63) is 0 Å². The third kappa shape index (κ3) is 8.41. The van der Waals surface area contributed by atoms with Gasteiger partial charge in [-0.1, -0.05) is 19.3 Å². The highest BCUT2D eigenvalue weighted by molar-refractivity contribution is 14.0. The number of ether oxygens (including phenoxy) is 3. The van der Waals surface area contributed by atoms with Crippen LogP contribution in [-0.4, -0.2) is 64.7 Å². The summed E-state index contributed by atoms with van der Waals surface area (Å²) in [6.07, 6.45) is 9.83. The second-order valence-electron chi connectivity index (χ2n) is 6.84. The van der Waals surface area contributed by atoms with E-state index in [0.29, 0.717) is 6.10 Å². The van der Waals surface area contributed by atoms with Crippen molar-refractivity contribution in [1.29, 1.82) is 0 Å². The molecule has 0 atom stereocenters. The molecule has 0 aromatic rings. The molecule has 2 fully saturated rings. The Bertz CT molecular complexity index is 371. The van der Waals surface area contributed by atoms with E-state index in [1.54, 1.807) is 14.2 Å². The summed E-state index contributed by atoms with van der Waals surface area (Å²) in [6.45, 7) is 3.98. The monoisotopic (exact) mass is 469 g/mol. The zero-order chi connectivity index (χ0) is 17.1. The van der Waals surface area contributed by atoms with Gasteiger partial charge in [0.2, 0.25) is 0 Å². The van der Waals surface area contributed by atoms with Crippen molar-refractivity contribution in [2.75, 3.05) is 47.1 Å². The largest absolute Gasteiger partial charge is 0.381 e. The Morgan fingerprint density at radius 3 is 2.52 bits per heavy atom. The number of methoxy groups -OCH3 is 1. The Balaban J connectivity index is 0.00000312. The number of halogens is 1. The minimum Gasteiger partial charge on any atom is -0.381 e. The summed E-state index contributed by atoms with van der Waals surface area (Å²) in [5.74, 6) is 0.829. The van der Waals surface area contributed by atoms with Gasteiger partial charge in [0, 0.05) is 59.9 Å². The van der Waals surface area contributed by atoms with E-state index in [1.165, 1.54) is 32.1 Å². The fourth-order valence-electron chi connectivity index (χ4n) is 3.42. The van der Waals surface area contributed by atoms with Gasteiger partial charge >= 0.3 is 0 Å². The summed E-state index contributed by atoms with van der Waals surface area (Å²) in [5.41, 5.74) is -0.139. The predicted octanol–water partition coefficient (Wildman–Crippen LogP) is 2.70. The minimum absolute atomic E-state index is 0. The van der Waals surface area contributed by atoms with Gasteiger partial charge in [0.15, 0.2) is 5.96 Å². The lowest BCUT2D eigenvalue weighted by atomic mass is 9.94. The van der Waals surface area contributed by atoms with Crippen LogP contribution in [0.4, 0.5) is 0 Å². The molecule has 2 N–H and O–H groups in total. The normalized spacial score (nSPS) is 21.4. The standard InChI is InChI=1S/C18H35N3O3.HI/c1-19-17(21-15-18(22-2)9-13-23-14-10-18)20-11-6-12-24-16-7-4-3-5-8-16;/h16H,3-15H2,1-2H3,(H2,19,20,21);1H. The van der Waals surface area contributed by atoms with Crippen molar-refractivity contribution < 1.29 is 14.2 Å². The second kappa shape index (κ2) is 13.1. The first-order valence-electron chi connectivity index (χ1n) is 9.47. The molecule has 0 aromatic carbocycles. The molecule has 0 aromatic heterocycles. The zero-order valence-corrected chi connectivity index (χ0v) is 18.2. The maximum absolute atomic E-state index is 5.95. The maximum atomic E-state index is 5.95. The molecular weight excluding hydrogens is 433 g/mol. The summed E-state index contributed by atoms with van der Waals surface area (Å²) in [7, 11) is 3.59. The van der Waals surface area contributed by atoms with Crippen molar-refractivity contribution in [2.45, 2.75) is 63.1 Å². The lowest BCUT2D eigenvalue weighted by Gasteiger charge is -2.36. The van der Waals surface area contributed by atoms with Gasteiger partial charge in [-0.2, -0.15) is 0 Å². The third-order valence-electron chi connectivity index (χ3n) is 5.16. The van der Waals surface area contributed by atoms with Gasteiger partial charge in [-0.15, -0.1) is 24.0 Å². The molecule has 1 aliphatic carbocycles.